The molecule has 3 aliphatic rings. The Bertz CT molecular complexity index is 342. The number of carboxylic acid groups (broad SMARTS) is 1. The number of amides is 2. The van der Waals surface area contributed by atoms with Crippen molar-refractivity contribution in [2.24, 2.45) is 5.92 Å². The molecule has 19 heavy (non-hydrogen) atoms. The van der Waals surface area contributed by atoms with E-state index in [9.17, 15) is 9.59 Å². The number of hydrogen-bond acceptors (Lipinski definition) is 4. The minimum atomic E-state index is -1.09. The molecule has 7 heteroatoms. The fourth-order valence-electron chi connectivity index (χ4n) is 2.84. The van der Waals surface area contributed by atoms with E-state index in [1.165, 1.54) is 7.11 Å². The number of hydrogen-bond donors (Lipinski definition) is 3. The topological polar surface area (TPSA) is 90.9 Å². The lowest BCUT2D eigenvalue weighted by Crippen LogP contribution is -2.60. The van der Waals surface area contributed by atoms with Crippen LogP contribution in [0.3, 0.4) is 0 Å². The second-order valence-electron chi connectivity index (χ2n) is 5.21. The Labute approximate surface area is 112 Å². The van der Waals surface area contributed by atoms with Gasteiger partial charge in [-0.3, -0.25) is 0 Å². The minimum Gasteiger partial charge on any atom is -0.480 e. The van der Waals surface area contributed by atoms with Crippen molar-refractivity contribution in [2.75, 3.05) is 33.4 Å². The Kier molecular flexibility index (Phi) is 4.60. The summed E-state index contributed by atoms with van der Waals surface area (Å²) in [7, 11) is 1.41. The summed E-state index contributed by atoms with van der Waals surface area (Å²) in [5.41, 5.74) is 0. The number of nitrogens with one attached hydrogen (secondary N) is 2. The molecule has 3 N–H and O–H groups in total. The summed E-state index contributed by atoms with van der Waals surface area (Å²) in [5, 5.41) is 14.2. The third-order valence-corrected chi connectivity index (χ3v) is 3.91. The first-order chi connectivity index (χ1) is 9.10. The molecule has 0 spiro atoms. The maximum Gasteiger partial charge on any atom is 0.328 e. The van der Waals surface area contributed by atoms with Crippen LogP contribution in [-0.2, 0) is 9.53 Å². The first-order valence-electron chi connectivity index (χ1n) is 6.61. The van der Waals surface area contributed by atoms with E-state index in [-0.39, 0.29) is 12.6 Å². The molecule has 0 aromatic heterocycles. The Morgan fingerprint density at radius 3 is 2.58 bits per heavy atom. The molecule has 0 aromatic carbocycles. The highest BCUT2D eigenvalue weighted by Crippen LogP contribution is 2.27. The predicted molar refractivity (Wildman–Crippen MR) is 67.9 cm³/mol. The first kappa shape index (κ1) is 14.1. The number of urea groups is 1. The number of fused-ring (bicyclic) bond motifs is 3. The zero-order valence-electron chi connectivity index (χ0n) is 11.1. The third kappa shape index (κ3) is 3.57. The van der Waals surface area contributed by atoms with Crippen molar-refractivity contribution in [1.82, 2.24) is 15.5 Å². The average molecular weight is 271 g/mol. The van der Waals surface area contributed by atoms with Crippen LogP contribution in [0.4, 0.5) is 4.79 Å². The van der Waals surface area contributed by atoms with Crippen molar-refractivity contribution in [3.8, 4) is 0 Å². The van der Waals surface area contributed by atoms with Crippen LogP contribution in [0.2, 0.25) is 0 Å². The molecule has 2 bridgehead atoms. The molecule has 2 unspecified atom stereocenters. The minimum absolute atomic E-state index is 0.0387. The maximum absolute atomic E-state index is 11.8. The van der Waals surface area contributed by atoms with E-state index in [0.717, 1.165) is 32.5 Å². The summed E-state index contributed by atoms with van der Waals surface area (Å²) in [6.07, 6.45) is 2.21. The van der Waals surface area contributed by atoms with Crippen LogP contribution in [-0.4, -0.2) is 67.4 Å². The van der Waals surface area contributed by atoms with Crippen molar-refractivity contribution in [3.63, 3.8) is 0 Å². The maximum atomic E-state index is 11.8. The molecule has 0 radical (unpaired) electrons. The molecule has 108 valence electrons. The van der Waals surface area contributed by atoms with Crippen LogP contribution >= 0.6 is 0 Å². The highest BCUT2D eigenvalue weighted by molar-refractivity contribution is 5.82. The van der Waals surface area contributed by atoms with E-state index in [2.05, 4.69) is 15.5 Å². The number of carbonyl (C=O) groups excluding carboxylic acids is 1. The van der Waals surface area contributed by atoms with Gasteiger partial charge in [-0.25, -0.2) is 9.59 Å². The molecular weight excluding hydrogens is 250 g/mol. The monoisotopic (exact) mass is 271 g/mol. The van der Waals surface area contributed by atoms with Gasteiger partial charge in [0.15, 0.2) is 6.04 Å². The van der Waals surface area contributed by atoms with E-state index < -0.39 is 18.0 Å². The SMILES string of the molecule is COCC(NC(=O)NC1CN2CCC1CC2)C(=O)O. The summed E-state index contributed by atoms with van der Waals surface area (Å²) < 4.78 is 4.77. The van der Waals surface area contributed by atoms with E-state index in [4.69, 9.17) is 9.84 Å². The van der Waals surface area contributed by atoms with Gasteiger partial charge >= 0.3 is 12.0 Å². The Morgan fingerprint density at radius 1 is 1.42 bits per heavy atom. The van der Waals surface area contributed by atoms with Crippen LogP contribution in [0.15, 0.2) is 0 Å². The van der Waals surface area contributed by atoms with Crippen LogP contribution < -0.4 is 10.6 Å². The van der Waals surface area contributed by atoms with Crippen LogP contribution in [0.1, 0.15) is 12.8 Å². The Morgan fingerprint density at radius 2 is 2.11 bits per heavy atom. The van der Waals surface area contributed by atoms with Crippen molar-refractivity contribution < 1.29 is 19.4 Å². The van der Waals surface area contributed by atoms with Gasteiger partial charge in [0.25, 0.3) is 0 Å². The quantitative estimate of drug-likeness (QED) is 0.626. The molecule has 3 saturated heterocycles. The number of aliphatic carboxylic acids is 1. The molecular formula is C12H21N3O4. The van der Waals surface area contributed by atoms with E-state index >= 15 is 0 Å². The highest BCUT2D eigenvalue weighted by atomic mass is 16.5. The number of methoxy groups -OCH3 is 1. The molecule has 0 aliphatic carbocycles. The van der Waals surface area contributed by atoms with Gasteiger partial charge in [-0.2, -0.15) is 0 Å². The summed E-state index contributed by atoms with van der Waals surface area (Å²) in [6.45, 7) is 3.03. The Balaban J connectivity index is 1.82. The smallest absolute Gasteiger partial charge is 0.328 e. The van der Waals surface area contributed by atoms with Gasteiger partial charge in [0.2, 0.25) is 0 Å². The molecule has 2 amide bonds. The number of rotatable bonds is 5. The zero-order chi connectivity index (χ0) is 13.8. The summed E-state index contributed by atoms with van der Waals surface area (Å²) in [4.78, 5) is 25.1. The molecule has 3 heterocycles. The molecule has 3 fully saturated rings. The summed E-state index contributed by atoms with van der Waals surface area (Å²) >= 11 is 0. The molecule has 3 aliphatic heterocycles. The second kappa shape index (κ2) is 6.21. The van der Waals surface area contributed by atoms with Gasteiger partial charge in [0.1, 0.15) is 0 Å². The lowest BCUT2D eigenvalue weighted by Gasteiger charge is -2.44. The second-order valence-corrected chi connectivity index (χ2v) is 5.21. The van der Waals surface area contributed by atoms with Crippen molar-refractivity contribution in [2.45, 2.75) is 24.9 Å². The first-order valence-corrected chi connectivity index (χ1v) is 6.61. The molecule has 7 nitrogen and oxygen atoms in total. The highest BCUT2D eigenvalue weighted by Gasteiger charge is 2.35. The number of carboxylic acids is 1. The van der Waals surface area contributed by atoms with Gasteiger partial charge in [-0.05, 0) is 31.8 Å². The number of carbonyl (C=O) groups is 2. The molecule has 3 rings (SSSR count). The van der Waals surface area contributed by atoms with Crippen LogP contribution in [0.25, 0.3) is 0 Å². The standard InChI is InChI=1S/C12H21N3O4/c1-19-7-10(11(16)17)14-12(18)13-9-6-15-4-2-8(9)3-5-15/h8-10H,2-7H2,1H3,(H,16,17)(H2,13,14,18). The van der Waals surface area contributed by atoms with Gasteiger partial charge < -0.3 is 25.4 Å². The Hall–Kier alpha value is -1.34. The lowest BCUT2D eigenvalue weighted by molar-refractivity contribution is -0.140. The van der Waals surface area contributed by atoms with Gasteiger partial charge in [-0.15, -0.1) is 0 Å². The predicted octanol–water partition coefficient (Wildman–Crippen LogP) is -0.521. The van der Waals surface area contributed by atoms with Crippen LogP contribution in [0, 0.1) is 5.92 Å². The summed E-state index contributed by atoms with van der Waals surface area (Å²) in [6, 6.07) is -1.31. The summed E-state index contributed by atoms with van der Waals surface area (Å²) in [5.74, 6) is -0.577. The van der Waals surface area contributed by atoms with Crippen molar-refractivity contribution >= 4 is 12.0 Å². The fraction of sp³-hybridized carbons (Fsp3) is 0.833. The van der Waals surface area contributed by atoms with Gasteiger partial charge in [0, 0.05) is 19.7 Å². The largest absolute Gasteiger partial charge is 0.480 e. The number of piperidine rings is 3. The lowest BCUT2D eigenvalue weighted by atomic mass is 9.84. The zero-order valence-corrected chi connectivity index (χ0v) is 11.1. The van der Waals surface area contributed by atoms with Crippen molar-refractivity contribution in [3.05, 3.63) is 0 Å². The van der Waals surface area contributed by atoms with Gasteiger partial charge in [-0.1, -0.05) is 0 Å². The van der Waals surface area contributed by atoms with E-state index in [1.54, 1.807) is 0 Å². The van der Waals surface area contributed by atoms with Gasteiger partial charge in [0.05, 0.1) is 6.61 Å². The van der Waals surface area contributed by atoms with E-state index in [0.29, 0.717) is 5.92 Å². The molecule has 0 saturated carbocycles. The number of nitrogens with zero attached hydrogens (tertiary/aromatic N) is 1. The van der Waals surface area contributed by atoms with Crippen molar-refractivity contribution in [1.29, 1.82) is 0 Å². The molecule has 0 aromatic rings. The van der Waals surface area contributed by atoms with E-state index in [1.807, 2.05) is 0 Å². The average Bonchev–Trinajstić information content (AvgIpc) is 2.39. The fourth-order valence-corrected chi connectivity index (χ4v) is 2.84. The molecule has 2 atom stereocenters. The normalized spacial score (nSPS) is 30.7. The number of ether oxygens (including phenoxy) is 1. The third-order valence-electron chi connectivity index (χ3n) is 3.91. The van der Waals surface area contributed by atoms with Crippen LogP contribution in [0.5, 0.6) is 0 Å².